The molecule has 8 nitrogen and oxygen atoms in total. The van der Waals surface area contributed by atoms with Gasteiger partial charge in [-0.1, -0.05) is 41.4 Å². The molecule has 4 aliphatic rings. The molecule has 11 heteroatoms. The number of amides is 2. The summed E-state index contributed by atoms with van der Waals surface area (Å²) >= 11 is 12.8. The van der Waals surface area contributed by atoms with E-state index in [9.17, 15) is 14.8 Å². The molecule has 2 fully saturated rings. The monoisotopic (exact) mass is 605 g/mol. The van der Waals surface area contributed by atoms with Crippen LogP contribution in [0, 0.1) is 11.7 Å². The van der Waals surface area contributed by atoms with Gasteiger partial charge in [0.1, 0.15) is 17.2 Å². The van der Waals surface area contributed by atoms with E-state index < -0.39 is 23.2 Å². The minimum atomic E-state index is -1.21. The fourth-order valence-corrected chi connectivity index (χ4v) is 8.15. The predicted molar refractivity (Wildman–Crippen MR) is 155 cm³/mol. The molecule has 4 aromatic rings. The summed E-state index contributed by atoms with van der Waals surface area (Å²) in [5.74, 6) is -1.20. The molecule has 1 aliphatic carbocycles. The summed E-state index contributed by atoms with van der Waals surface area (Å²) in [5.41, 5.74) is 3.95. The maximum atomic E-state index is 16.2. The van der Waals surface area contributed by atoms with Crippen LogP contribution in [0.4, 0.5) is 10.1 Å². The molecule has 0 unspecified atom stereocenters. The molecule has 1 saturated carbocycles. The van der Waals surface area contributed by atoms with Gasteiger partial charge in [0.15, 0.2) is 0 Å². The van der Waals surface area contributed by atoms with E-state index in [2.05, 4.69) is 14.8 Å². The number of aromatic nitrogens is 2. The van der Waals surface area contributed by atoms with Crippen LogP contribution in [0.15, 0.2) is 54.6 Å². The van der Waals surface area contributed by atoms with Gasteiger partial charge in [-0.2, -0.15) is 0 Å². The number of likely N-dealkylation sites (tertiary alicyclic amines) is 1. The minimum absolute atomic E-state index is 0.00134. The quantitative estimate of drug-likeness (QED) is 0.201. The number of fused-ring (bicyclic) bond motifs is 7. The van der Waals surface area contributed by atoms with E-state index in [4.69, 9.17) is 28.2 Å². The van der Waals surface area contributed by atoms with Crippen molar-refractivity contribution in [2.24, 2.45) is 5.92 Å². The molecule has 1 aromatic heterocycles. The lowest BCUT2D eigenvalue weighted by Gasteiger charge is -2.40. The summed E-state index contributed by atoms with van der Waals surface area (Å²) in [4.78, 5) is 34.0. The van der Waals surface area contributed by atoms with Crippen LogP contribution < -0.4 is 10.8 Å². The van der Waals surface area contributed by atoms with E-state index >= 15 is 4.39 Å². The number of anilines is 1. The summed E-state index contributed by atoms with van der Waals surface area (Å²) in [7, 11) is 0. The largest absolute Gasteiger partial charge is 0.328 e. The average molecular weight is 606 g/mol. The van der Waals surface area contributed by atoms with Gasteiger partial charge in [-0.05, 0) is 67.1 Å². The SMILES string of the molecule is O=C(NO)c1ccc2c(c1)nc1n2CC[C@H]2[C@@H]1[C@H](c1cccc(Cl)c1F)[C@]1(C(=O)Nc3cc(Cl)ccc31)N2CC1CC1. The normalized spacial score (nSPS) is 26.3. The molecule has 3 aliphatic heterocycles. The Balaban J connectivity index is 1.42. The second-order valence-electron chi connectivity index (χ2n) is 11.8. The lowest BCUT2D eigenvalue weighted by Crippen LogP contribution is -2.53. The number of nitrogens with one attached hydrogen (secondary N) is 2. The maximum Gasteiger partial charge on any atom is 0.274 e. The van der Waals surface area contributed by atoms with Crippen LogP contribution >= 0.6 is 23.2 Å². The van der Waals surface area contributed by atoms with Crippen molar-refractivity contribution in [3.8, 4) is 0 Å². The molecule has 1 spiro atoms. The average Bonchev–Trinajstić information content (AvgIpc) is 3.57. The second-order valence-corrected chi connectivity index (χ2v) is 12.6. The van der Waals surface area contributed by atoms with Gasteiger partial charge >= 0.3 is 0 Å². The van der Waals surface area contributed by atoms with Crippen molar-refractivity contribution < 1.29 is 19.2 Å². The third-order valence-electron chi connectivity index (χ3n) is 9.62. The highest BCUT2D eigenvalue weighted by Gasteiger charge is 2.69. The number of hydrogen-bond donors (Lipinski definition) is 3. The zero-order valence-corrected chi connectivity index (χ0v) is 23.8. The molecule has 3 N–H and O–H groups in total. The zero-order valence-electron chi connectivity index (χ0n) is 22.3. The van der Waals surface area contributed by atoms with Gasteiger partial charge in [0.05, 0.1) is 16.1 Å². The minimum Gasteiger partial charge on any atom is -0.328 e. The van der Waals surface area contributed by atoms with Gasteiger partial charge in [0.25, 0.3) is 5.91 Å². The van der Waals surface area contributed by atoms with E-state index in [0.29, 0.717) is 40.8 Å². The first-order valence-corrected chi connectivity index (χ1v) is 14.8. The summed E-state index contributed by atoms with van der Waals surface area (Å²) < 4.78 is 18.3. The second kappa shape index (κ2) is 9.25. The Morgan fingerprint density at radius 3 is 2.76 bits per heavy atom. The molecule has 0 bridgehead atoms. The molecule has 0 radical (unpaired) electrons. The van der Waals surface area contributed by atoms with Crippen LogP contribution in [0.2, 0.25) is 10.0 Å². The van der Waals surface area contributed by atoms with Crippen molar-refractivity contribution >= 4 is 51.7 Å². The van der Waals surface area contributed by atoms with Gasteiger partial charge in [-0.3, -0.25) is 19.7 Å². The number of nitrogens with zero attached hydrogens (tertiary/aromatic N) is 3. The van der Waals surface area contributed by atoms with Gasteiger partial charge in [-0.25, -0.2) is 14.9 Å². The van der Waals surface area contributed by atoms with Crippen LogP contribution in [0.3, 0.4) is 0 Å². The number of aryl methyl sites for hydroxylation is 1. The molecule has 214 valence electrons. The summed E-state index contributed by atoms with van der Waals surface area (Å²) in [6.07, 6.45) is 2.90. The van der Waals surface area contributed by atoms with Crippen molar-refractivity contribution in [3.05, 3.63) is 93.0 Å². The third-order valence-corrected chi connectivity index (χ3v) is 10.1. The first kappa shape index (κ1) is 26.2. The lowest BCUT2D eigenvalue weighted by atomic mass is 9.70. The van der Waals surface area contributed by atoms with Crippen molar-refractivity contribution in [3.63, 3.8) is 0 Å². The van der Waals surface area contributed by atoms with Crippen molar-refractivity contribution in [2.45, 2.75) is 49.2 Å². The van der Waals surface area contributed by atoms with Crippen LogP contribution in [0.25, 0.3) is 11.0 Å². The van der Waals surface area contributed by atoms with Crippen molar-refractivity contribution in [1.29, 1.82) is 0 Å². The Kier molecular flexibility index (Phi) is 5.76. The molecule has 4 heterocycles. The Morgan fingerprint density at radius 1 is 1.14 bits per heavy atom. The Morgan fingerprint density at radius 2 is 1.98 bits per heavy atom. The first-order valence-electron chi connectivity index (χ1n) is 14.1. The van der Waals surface area contributed by atoms with Gasteiger partial charge in [0, 0.05) is 52.8 Å². The Bertz CT molecular complexity index is 1820. The van der Waals surface area contributed by atoms with Crippen LogP contribution in [0.5, 0.6) is 0 Å². The molecule has 1 saturated heterocycles. The third kappa shape index (κ3) is 3.51. The number of carbonyl (C=O) groups excluding carboxylic acids is 2. The van der Waals surface area contributed by atoms with Gasteiger partial charge in [0.2, 0.25) is 5.91 Å². The highest BCUT2D eigenvalue weighted by molar-refractivity contribution is 6.31. The molecular formula is C31H26Cl2FN5O3. The number of hydroxylamine groups is 1. The fourth-order valence-electron chi connectivity index (χ4n) is 7.80. The van der Waals surface area contributed by atoms with Crippen LogP contribution in [0.1, 0.15) is 58.4 Å². The topological polar surface area (TPSA) is 99.5 Å². The van der Waals surface area contributed by atoms with Crippen LogP contribution in [-0.2, 0) is 16.9 Å². The standard InChI is InChI=1S/C31H26Cl2FN5O3/c32-17-7-8-19-21(13-17)36-30(41)31(19)26(18-2-1-3-20(33)27(18)34)25-24(39(31)14-15-4-5-15)10-11-38-23-9-6-16(29(40)37-42)12-22(23)35-28(25)38/h1-3,6-9,12-13,15,24-26,42H,4-5,10-11,14H2,(H,36,41)(H,37,40)/t24-,25+,26-,31+/m0/s1. The van der Waals surface area contributed by atoms with E-state index in [-0.39, 0.29) is 28.5 Å². The van der Waals surface area contributed by atoms with E-state index in [1.54, 1.807) is 41.9 Å². The summed E-state index contributed by atoms with van der Waals surface area (Å²) in [6, 6.07) is 15.4. The summed E-state index contributed by atoms with van der Waals surface area (Å²) in [5, 5.41) is 12.8. The van der Waals surface area contributed by atoms with Gasteiger partial charge < -0.3 is 9.88 Å². The highest BCUT2D eigenvalue weighted by Crippen LogP contribution is 2.64. The van der Waals surface area contributed by atoms with Gasteiger partial charge in [-0.15, -0.1) is 0 Å². The van der Waals surface area contributed by atoms with E-state index in [0.717, 1.165) is 36.2 Å². The highest BCUT2D eigenvalue weighted by atomic mass is 35.5. The summed E-state index contributed by atoms with van der Waals surface area (Å²) in [6.45, 7) is 1.35. The number of carbonyl (C=O) groups is 2. The molecule has 8 rings (SSSR count). The number of rotatable bonds is 4. The lowest BCUT2D eigenvalue weighted by molar-refractivity contribution is -0.128. The maximum absolute atomic E-state index is 16.2. The van der Waals surface area contributed by atoms with E-state index in [1.165, 1.54) is 6.07 Å². The zero-order chi connectivity index (χ0) is 28.9. The number of benzene rings is 3. The molecule has 2 amide bonds. The first-order chi connectivity index (χ1) is 20.3. The molecule has 42 heavy (non-hydrogen) atoms. The molecule has 3 aromatic carbocycles. The Labute approximate surface area is 250 Å². The molecular weight excluding hydrogens is 580 g/mol. The number of hydrogen-bond acceptors (Lipinski definition) is 5. The van der Waals surface area contributed by atoms with E-state index in [1.807, 2.05) is 12.1 Å². The van der Waals surface area contributed by atoms with Crippen molar-refractivity contribution in [2.75, 3.05) is 11.9 Å². The van der Waals surface area contributed by atoms with Crippen molar-refractivity contribution in [1.82, 2.24) is 19.9 Å². The smallest absolute Gasteiger partial charge is 0.274 e. The number of imidazole rings is 1. The molecule has 4 atom stereocenters. The van der Waals surface area contributed by atoms with Crippen LogP contribution in [-0.4, -0.2) is 44.1 Å². The predicted octanol–water partition coefficient (Wildman–Crippen LogP) is 5.81. The Hall–Kier alpha value is -3.50. The number of halogens is 3. The fraction of sp³-hybridized carbons (Fsp3) is 0.323.